The largest absolute Gasteiger partial charge is 0.391 e. The predicted molar refractivity (Wildman–Crippen MR) is 180 cm³/mol. The number of aliphatic hydroxyl groups is 1. The molecule has 5 N–H and O–H groups in total. The number of hydrogen-bond acceptors (Lipinski definition) is 5. The van der Waals surface area contributed by atoms with Crippen LogP contribution in [0.3, 0.4) is 0 Å². The number of hydrogen-bond donors (Lipinski definition) is 4. The molecule has 3 rings (SSSR count). The van der Waals surface area contributed by atoms with Crippen LogP contribution in [0.2, 0.25) is 0 Å². The molecule has 0 spiro atoms. The summed E-state index contributed by atoms with van der Waals surface area (Å²) in [6.07, 6.45) is 1.80. The number of aryl methyl sites for hydroxylation is 1. The molecule has 0 aliphatic heterocycles. The number of nitrogens with two attached hydrogens (primary N) is 1. The third-order valence-corrected chi connectivity index (χ3v) is 7.86. The number of carbonyl (C=O) groups is 3. The fourth-order valence-electron chi connectivity index (χ4n) is 5.58. The summed E-state index contributed by atoms with van der Waals surface area (Å²) >= 11 is 0. The Hall–Kier alpha value is -4.15. The van der Waals surface area contributed by atoms with Crippen LogP contribution in [-0.2, 0) is 17.6 Å². The van der Waals surface area contributed by atoms with Gasteiger partial charge in [-0.25, -0.2) is 8.78 Å². The van der Waals surface area contributed by atoms with Crippen LogP contribution in [0.1, 0.15) is 83.4 Å². The first-order valence-corrected chi connectivity index (χ1v) is 16.4. The maximum absolute atomic E-state index is 14.0. The predicted octanol–water partition coefficient (Wildman–Crippen LogP) is 5.09. The summed E-state index contributed by atoms with van der Waals surface area (Å²) in [7, 11) is 0. The molecule has 3 aromatic rings. The Morgan fingerprint density at radius 3 is 2.13 bits per heavy atom. The van der Waals surface area contributed by atoms with E-state index in [-0.39, 0.29) is 54.8 Å². The number of nitrogens with zero attached hydrogens (tertiary/aromatic N) is 1. The van der Waals surface area contributed by atoms with Crippen LogP contribution in [0.25, 0.3) is 0 Å². The number of rotatable bonds is 18. The molecule has 0 fully saturated rings. The van der Waals surface area contributed by atoms with E-state index >= 15 is 0 Å². The first kappa shape index (κ1) is 37.3. The van der Waals surface area contributed by atoms with Gasteiger partial charge in [-0.3, -0.25) is 14.4 Å². The van der Waals surface area contributed by atoms with Gasteiger partial charge in [-0.05, 0) is 92.5 Å². The van der Waals surface area contributed by atoms with Crippen LogP contribution < -0.4 is 16.4 Å². The minimum Gasteiger partial charge on any atom is -0.391 e. The lowest BCUT2D eigenvalue weighted by molar-refractivity contribution is -0.121. The molecule has 3 unspecified atom stereocenters. The van der Waals surface area contributed by atoms with E-state index in [0.29, 0.717) is 37.1 Å². The number of aliphatic hydroxyl groups excluding tert-OH is 1. The van der Waals surface area contributed by atoms with E-state index in [1.165, 1.54) is 6.07 Å². The van der Waals surface area contributed by atoms with Crippen molar-refractivity contribution in [1.29, 1.82) is 0 Å². The Labute approximate surface area is 276 Å². The second-order valence-electron chi connectivity index (χ2n) is 12.1. The van der Waals surface area contributed by atoms with Gasteiger partial charge in [-0.1, -0.05) is 44.2 Å². The molecule has 8 nitrogen and oxygen atoms in total. The minimum absolute atomic E-state index is 0.0672. The summed E-state index contributed by atoms with van der Waals surface area (Å²) in [5.74, 6) is -2.48. The Morgan fingerprint density at radius 2 is 1.49 bits per heavy atom. The molecular weight excluding hydrogens is 602 g/mol. The standard InChI is InChI=1S/C37H48F2N4O4/c1-4-15-43(16-5-2)37(47)29-18-25(3)17-28(23-29)36(46)42-33(22-27-19-30(38)24-31(39)20-27)34(44)13-14-41-35(45)12-11-32(40)21-26-9-7-6-8-10-26/h6-10,17-20,23-24,32-34,44H,4-5,11-16,21-22,40H2,1-3H3,(H,41,45)(H,42,46). The molecule has 3 aromatic carbocycles. The van der Waals surface area contributed by atoms with Gasteiger partial charge in [0.15, 0.2) is 0 Å². The molecule has 3 amide bonds. The first-order valence-electron chi connectivity index (χ1n) is 16.4. The molecule has 0 aromatic heterocycles. The van der Waals surface area contributed by atoms with Gasteiger partial charge in [0.2, 0.25) is 5.91 Å². The molecule has 0 saturated heterocycles. The summed E-state index contributed by atoms with van der Waals surface area (Å²) in [5, 5.41) is 16.7. The van der Waals surface area contributed by atoms with Crippen molar-refractivity contribution in [3.05, 3.63) is 106 Å². The van der Waals surface area contributed by atoms with Gasteiger partial charge >= 0.3 is 0 Å². The number of carbonyl (C=O) groups excluding carboxylic acids is 3. The van der Waals surface area contributed by atoms with Crippen molar-refractivity contribution in [3.8, 4) is 0 Å². The quantitative estimate of drug-likeness (QED) is 0.153. The van der Waals surface area contributed by atoms with E-state index in [9.17, 15) is 28.3 Å². The molecule has 0 bridgehead atoms. The number of amides is 3. The highest BCUT2D eigenvalue weighted by atomic mass is 19.1. The Kier molecular flexibility index (Phi) is 15.0. The van der Waals surface area contributed by atoms with Crippen molar-refractivity contribution < 1.29 is 28.3 Å². The zero-order valence-electron chi connectivity index (χ0n) is 27.6. The monoisotopic (exact) mass is 650 g/mol. The molecule has 0 heterocycles. The summed E-state index contributed by atoms with van der Waals surface area (Å²) in [5.41, 5.74) is 8.87. The molecule has 0 radical (unpaired) electrons. The van der Waals surface area contributed by atoms with Crippen LogP contribution in [0.5, 0.6) is 0 Å². The maximum atomic E-state index is 14.0. The lowest BCUT2D eigenvalue weighted by atomic mass is 9.97. The van der Waals surface area contributed by atoms with E-state index in [1.807, 2.05) is 44.2 Å². The number of nitrogens with one attached hydrogen (secondary N) is 2. The maximum Gasteiger partial charge on any atom is 0.253 e. The van der Waals surface area contributed by atoms with Gasteiger partial charge in [0, 0.05) is 49.3 Å². The van der Waals surface area contributed by atoms with Crippen molar-refractivity contribution in [2.75, 3.05) is 19.6 Å². The summed E-state index contributed by atoms with van der Waals surface area (Å²) < 4.78 is 28.0. The van der Waals surface area contributed by atoms with Crippen molar-refractivity contribution >= 4 is 17.7 Å². The third-order valence-electron chi connectivity index (χ3n) is 7.86. The average Bonchev–Trinajstić information content (AvgIpc) is 3.02. The van der Waals surface area contributed by atoms with E-state index in [2.05, 4.69) is 10.6 Å². The van der Waals surface area contributed by atoms with Crippen LogP contribution in [0.15, 0.2) is 66.7 Å². The van der Waals surface area contributed by atoms with Gasteiger partial charge in [0.25, 0.3) is 11.8 Å². The van der Waals surface area contributed by atoms with Crippen molar-refractivity contribution in [1.82, 2.24) is 15.5 Å². The van der Waals surface area contributed by atoms with Gasteiger partial charge in [0.05, 0.1) is 12.1 Å². The fraction of sp³-hybridized carbons (Fsp3) is 0.432. The van der Waals surface area contributed by atoms with Crippen LogP contribution in [0.4, 0.5) is 8.78 Å². The molecule has 10 heteroatoms. The fourth-order valence-corrected chi connectivity index (χ4v) is 5.58. The lowest BCUT2D eigenvalue weighted by Gasteiger charge is -2.25. The van der Waals surface area contributed by atoms with Crippen molar-refractivity contribution in [3.63, 3.8) is 0 Å². The topological polar surface area (TPSA) is 125 Å². The second kappa shape index (κ2) is 18.9. The molecular formula is C37H48F2N4O4. The Bertz CT molecular complexity index is 1440. The summed E-state index contributed by atoms with van der Waals surface area (Å²) in [6.45, 7) is 7.08. The zero-order valence-corrected chi connectivity index (χ0v) is 27.6. The van der Waals surface area contributed by atoms with Gasteiger partial charge < -0.3 is 26.4 Å². The number of halogens is 2. The first-order chi connectivity index (χ1) is 22.5. The Balaban J connectivity index is 1.67. The van der Waals surface area contributed by atoms with Crippen LogP contribution in [-0.4, -0.2) is 65.5 Å². The third kappa shape index (κ3) is 12.5. The molecule has 254 valence electrons. The number of benzene rings is 3. The smallest absolute Gasteiger partial charge is 0.253 e. The van der Waals surface area contributed by atoms with Gasteiger partial charge in [0.1, 0.15) is 11.6 Å². The summed E-state index contributed by atoms with van der Waals surface area (Å²) in [4.78, 5) is 41.0. The molecule has 3 atom stereocenters. The van der Waals surface area contributed by atoms with Crippen LogP contribution >= 0.6 is 0 Å². The molecule has 0 aliphatic carbocycles. The van der Waals surface area contributed by atoms with Gasteiger partial charge in [-0.15, -0.1) is 0 Å². The molecule has 0 saturated carbocycles. The molecule has 0 aliphatic rings. The van der Waals surface area contributed by atoms with E-state index in [4.69, 9.17) is 5.73 Å². The highest BCUT2D eigenvalue weighted by molar-refractivity contribution is 6.00. The highest BCUT2D eigenvalue weighted by Gasteiger charge is 2.25. The van der Waals surface area contributed by atoms with Gasteiger partial charge in [-0.2, -0.15) is 0 Å². The van der Waals surface area contributed by atoms with Crippen molar-refractivity contribution in [2.45, 2.75) is 83.9 Å². The van der Waals surface area contributed by atoms with E-state index in [0.717, 1.165) is 36.6 Å². The van der Waals surface area contributed by atoms with E-state index < -0.39 is 29.7 Å². The summed E-state index contributed by atoms with van der Waals surface area (Å²) in [6, 6.07) is 16.6. The molecule has 47 heavy (non-hydrogen) atoms. The zero-order chi connectivity index (χ0) is 34.3. The normalized spacial score (nSPS) is 13.0. The second-order valence-corrected chi connectivity index (χ2v) is 12.1. The van der Waals surface area contributed by atoms with Crippen LogP contribution in [0, 0.1) is 18.6 Å². The Morgan fingerprint density at radius 1 is 0.851 bits per heavy atom. The van der Waals surface area contributed by atoms with Crippen molar-refractivity contribution in [2.24, 2.45) is 5.73 Å². The van der Waals surface area contributed by atoms with E-state index in [1.54, 1.807) is 24.0 Å². The highest BCUT2D eigenvalue weighted by Crippen LogP contribution is 2.17. The lowest BCUT2D eigenvalue weighted by Crippen LogP contribution is -2.46. The SMILES string of the molecule is CCCN(CCC)C(=O)c1cc(C)cc(C(=O)NC(Cc2cc(F)cc(F)c2)C(O)CCNC(=O)CCC(N)Cc2ccccc2)c1. The minimum atomic E-state index is -1.17. The average molecular weight is 651 g/mol.